The van der Waals surface area contributed by atoms with Gasteiger partial charge in [0.25, 0.3) is 0 Å². The van der Waals surface area contributed by atoms with Crippen molar-refractivity contribution < 1.29 is 23.9 Å². The van der Waals surface area contributed by atoms with E-state index in [4.69, 9.17) is 4.74 Å². The summed E-state index contributed by atoms with van der Waals surface area (Å²) in [6.07, 6.45) is 0. The number of hydrogen-bond acceptors (Lipinski definition) is 6. The summed E-state index contributed by atoms with van der Waals surface area (Å²) in [7, 11) is 0. The first-order valence-corrected chi connectivity index (χ1v) is 8.41. The highest BCUT2D eigenvalue weighted by atomic mass is 32.1. The number of benzene rings is 1. The summed E-state index contributed by atoms with van der Waals surface area (Å²) in [6.45, 7) is 5.78. The van der Waals surface area contributed by atoms with Crippen LogP contribution in [-0.2, 0) is 19.1 Å². The van der Waals surface area contributed by atoms with Gasteiger partial charge in [0.15, 0.2) is 0 Å². The molecule has 0 radical (unpaired) electrons. The molecule has 1 aromatic carbocycles. The highest BCUT2D eigenvalue weighted by molar-refractivity contribution is 7.22. The lowest BCUT2D eigenvalue weighted by atomic mass is 10.1. The highest BCUT2D eigenvalue weighted by Crippen LogP contribution is 2.41. The number of anilines is 2. The summed E-state index contributed by atoms with van der Waals surface area (Å²) in [5.41, 5.74) is 0.685. The lowest BCUT2D eigenvalue weighted by molar-refractivity contribution is -0.124. The van der Waals surface area contributed by atoms with Crippen molar-refractivity contribution in [2.24, 2.45) is 0 Å². The lowest BCUT2D eigenvalue weighted by Crippen LogP contribution is -2.33. The van der Waals surface area contributed by atoms with E-state index in [1.54, 1.807) is 25.1 Å². The van der Waals surface area contributed by atoms with Gasteiger partial charge in [0.2, 0.25) is 17.7 Å². The van der Waals surface area contributed by atoms with Crippen molar-refractivity contribution >= 4 is 56.5 Å². The van der Waals surface area contributed by atoms with Crippen LogP contribution in [0.15, 0.2) is 18.2 Å². The predicted molar refractivity (Wildman–Crippen MR) is 95.9 cm³/mol. The van der Waals surface area contributed by atoms with E-state index in [9.17, 15) is 19.2 Å². The molecule has 0 aliphatic rings. The highest BCUT2D eigenvalue weighted by Gasteiger charge is 2.25. The number of fused-ring (bicyclic) bond motifs is 1. The number of nitrogens with one attached hydrogen (secondary N) is 1. The molecule has 25 heavy (non-hydrogen) atoms. The number of carbonyl (C=O) groups excluding carboxylic acids is 4. The first-order chi connectivity index (χ1) is 11.8. The fourth-order valence-corrected chi connectivity index (χ4v) is 3.64. The minimum Gasteiger partial charge on any atom is -0.462 e. The Hall–Kier alpha value is -2.74. The lowest BCUT2D eigenvalue weighted by Gasteiger charge is -2.17. The largest absolute Gasteiger partial charge is 0.462 e. The molecule has 0 fully saturated rings. The molecule has 1 aromatic heterocycles. The topological polar surface area (TPSA) is 92.8 Å². The van der Waals surface area contributed by atoms with Gasteiger partial charge in [-0.15, -0.1) is 11.3 Å². The van der Waals surface area contributed by atoms with E-state index in [2.05, 4.69) is 5.32 Å². The summed E-state index contributed by atoms with van der Waals surface area (Å²) in [6, 6.07) is 4.99. The molecule has 7 nitrogen and oxygen atoms in total. The third kappa shape index (κ3) is 3.69. The molecule has 0 spiro atoms. The fourth-order valence-electron chi connectivity index (χ4n) is 2.48. The molecule has 0 aliphatic heterocycles. The van der Waals surface area contributed by atoms with Crippen molar-refractivity contribution in [2.45, 2.75) is 27.7 Å². The van der Waals surface area contributed by atoms with Crippen molar-refractivity contribution in [3.63, 3.8) is 0 Å². The molecule has 1 N–H and O–H groups in total. The van der Waals surface area contributed by atoms with E-state index in [1.165, 1.54) is 20.8 Å². The van der Waals surface area contributed by atoms with Crippen LogP contribution < -0.4 is 10.2 Å². The van der Waals surface area contributed by atoms with E-state index in [0.29, 0.717) is 21.5 Å². The van der Waals surface area contributed by atoms with E-state index < -0.39 is 17.8 Å². The molecule has 0 unspecified atom stereocenters. The molecule has 0 bridgehead atoms. The summed E-state index contributed by atoms with van der Waals surface area (Å²) in [5, 5.41) is 3.21. The van der Waals surface area contributed by atoms with Crippen LogP contribution >= 0.6 is 11.3 Å². The number of ether oxygens (including phenoxy) is 1. The normalized spacial score (nSPS) is 10.4. The SMILES string of the molecule is CCOC(=O)c1sc2c(N(C(C)=O)C(C)=O)cccc2c1NC(C)=O. The van der Waals surface area contributed by atoms with Crippen LogP contribution in [0, 0.1) is 0 Å². The van der Waals surface area contributed by atoms with Crippen LogP contribution in [0.1, 0.15) is 37.4 Å². The molecule has 1 heterocycles. The minimum atomic E-state index is -0.574. The molecule has 8 heteroatoms. The molecular formula is C17H18N2O5S. The molecule has 0 atom stereocenters. The molecule has 0 aliphatic carbocycles. The Morgan fingerprint density at radius 3 is 2.28 bits per heavy atom. The Labute approximate surface area is 148 Å². The van der Waals surface area contributed by atoms with Gasteiger partial charge in [-0.2, -0.15) is 0 Å². The van der Waals surface area contributed by atoms with Crippen LogP contribution in [0.2, 0.25) is 0 Å². The third-order valence-corrected chi connectivity index (χ3v) is 4.54. The zero-order valence-electron chi connectivity index (χ0n) is 14.3. The second kappa shape index (κ2) is 7.43. The van der Waals surface area contributed by atoms with Gasteiger partial charge in [-0.3, -0.25) is 14.4 Å². The second-order valence-electron chi connectivity index (χ2n) is 5.24. The van der Waals surface area contributed by atoms with Gasteiger partial charge in [-0.25, -0.2) is 9.69 Å². The maximum absolute atomic E-state index is 12.3. The van der Waals surface area contributed by atoms with E-state index in [0.717, 1.165) is 16.2 Å². The number of esters is 1. The number of hydrogen-bond donors (Lipinski definition) is 1. The standard InChI is InChI=1S/C17H18N2O5S/c1-5-24-17(23)16-14(18-9(2)20)12-7-6-8-13(15(12)25-16)19(10(3)21)11(4)22/h6-8H,5H2,1-4H3,(H,18,20). The van der Waals surface area contributed by atoms with Crippen LogP contribution in [0.5, 0.6) is 0 Å². The maximum atomic E-state index is 12.3. The molecule has 3 amide bonds. The van der Waals surface area contributed by atoms with Crippen molar-refractivity contribution in [1.82, 2.24) is 0 Å². The Balaban J connectivity index is 2.76. The number of rotatable bonds is 4. The first kappa shape index (κ1) is 18.6. The number of carbonyl (C=O) groups is 4. The number of nitrogens with zero attached hydrogens (tertiary/aromatic N) is 1. The number of amides is 3. The number of thiophene rings is 1. The third-order valence-electron chi connectivity index (χ3n) is 3.33. The molecule has 2 aromatic rings. The van der Waals surface area contributed by atoms with Crippen LogP contribution in [0.4, 0.5) is 11.4 Å². The summed E-state index contributed by atoms with van der Waals surface area (Å²) < 4.78 is 5.59. The van der Waals surface area contributed by atoms with Gasteiger partial charge in [0.1, 0.15) is 4.88 Å². The average Bonchev–Trinajstić information content (AvgIpc) is 2.86. The van der Waals surface area contributed by atoms with Gasteiger partial charge < -0.3 is 10.1 Å². The fraction of sp³-hybridized carbons (Fsp3) is 0.294. The summed E-state index contributed by atoms with van der Waals surface area (Å²) in [4.78, 5) is 48.8. The van der Waals surface area contributed by atoms with Gasteiger partial charge in [0, 0.05) is 26.2 Å². The van der Waals surface area contributed by atoms with E-state index in [-0.39, 0.29) is 17.4 Å². The Morgan fingerprint density at radius 1 is 1.12 bits per heavy atom. The first-order valence-electron chi connectivity index (χ1n) is 7.59. The molecule has 2 rings (SSSR count). The van der Waals surface area contributed by atoms with Gasteiger partial charge in [-0.05, 0) is 13.0 Å². The maximum Gasteiger partial charge on any atom is 0.350 e. The van der Waals surface area contributed by atoms with Gasteiger partial charge in [0.05, 0.1) is 22.7 Å². The molecular weight excluding hydrogens is 344 g/mol. The number of imide groups is 1. The van der Waals surface area contributed by atoms with Crippen molar-refractivity contribution in [3.8, 4) is 0 Å². The van der Waals surface area contributed by atoms with Crippen molar-refractivity contribution in [2.75, 3.05) is 16.8 Å². The van der Waals surface area contributed by atoms with Crippen LogP contribution in [0.3, 0.4) is 0 Å². The zero-order valence-corrected chi connectivity index (χ0v) is 15.2. The Morgan fingerprint density at radius 2 is 1.76 bits per heavy atom. The Bertz CT molecular complexity index is 857. The Kier molecular flexibility index (Phi) is 5.53. The molecule has 0 saturated carbocycles. The minimum absolute atomic E-state index is 0.187. The predicted octanol–water partition coefficient (Wildman–Crippen LogP) is 2.94. The summed E-state index contributed by atoms with van der Waals surface area (Å²) in [5.74, 6) is -1.79. The van der Waals surface area contributed by atoms with Crippen molar-refractivity contribution in [3.05, 3.63) is 23.1 Å². The monoisotopic (exact) mass is 362 g/mol. The van der Waals surface area contributed by atoms with E-state index >= 15 is 0 Å². The van der Waals surface area contributed by atoms with Crippen LogP contribution in [-0.4, -0.2) is 30.3 Å². The van der Waals surface area contributed by atoms with Crippen LogP contribution in [0.25, 0.3) is 10.1 Å². The smallest absolute Gasteiger partial charge is 0.350 e. The van der Waals surface area contributed by atoms with E-state index in [1.807, 2.05) is 0 Å². The van der Waals surface area contributed by atoms with Crippen molar-refractivity contribution in [1.29, 1.82) is 0 Å². The molecule has 0 saturated heterocycles. The van der Waals surface area contributed by atoms with Gasteiger partial charge >= 0.3 is 5.97 Å². The van der Waals surface area contributed by atoms with Gasteiger partial charge in [-0.1, -0.05) is 12.1 Å². The quantitative estimate of drug-likeness (QED) is 0.844. The zero-order chi connectivity index (χ0) is 18.7. The summed E-state index contributed by atoms with van der Waals surface area (Å²) >= 11 is 1.07. The second-order valence-corrected chi connectivity index (χ2v) is 6.26. The molecule has 132 valence electrons. The average molecular weight is 362 g/mol.